The molecule has 0 atom stereocenters. The fourth-order valence-corrected chi connectivity index (χ4v) is 4.63. The number of rotatable bonds is 5. The first-order chi connectivity index (χ1) is 13.3. The molecule has 2 aromatic carbocycles. The molecule has 1 aliphatic heterocycles. The first-order valence-electron chi connectivity index (χ1n) is 8.45. The molecule has 0 fully saturated rings. The van der Waals surface area contributed by atoms with Crippen molar-refractivity contribution in [3.8, 4) is 0 Å². The van der Waals surface area contributed by atoms with E-state index in [2.05, 4.69) is 0 Å². The van der Waals surface area contributed by atoms with Crippen LogP contribution in [-0.2, 0) is 9.84 Å². The smallest absolute Gasteiger partial charge is 0.282 e. The third kappa shape index (κ3) is 4.60. The maximum Gasteiger partial charge on any atom is 0.282 e. The topological polar surface area (TPSA) is 97.6 Å². The van der Waals surface area contributed by atoms with E-state index in [4.69, 9.17) is 0 Å². The van der Waals surface area contributed by atoms with Crippen LogP contribution in [0.25, 0.3) is 0 Å². The number of nitro benzene ring substituents is 1. The summed E-state index contributed by atoms with van der Waals surface area (Å²) in [6.07, 6.45) is 3.35. The van der Waals surface area contributed by atoms with E-state index in [-0.39, 0.29) is 23.5 Å². The number of hydrogen-bond acceptors (Lipinski definition) is 6. The molecular formula is C19H18N2O5S2. The fourth-order valence-electron chi connectivity index (χ4n) is 2.83. The number of benzene rings is 2. The molecular weight excluding hydrogens is 400 g/mol. The number of carbonyl (C=O) groups excluding carboxylic acids is 1. The van der Waals surface area contributed by atoms with Crippen LogP contribution in [0.1, 0.15) is 16.8 Å². The standard InChI is InChI=1S/C19H18N2O5S2/c1-28(25,26)13-11-14-10-12-20(17-8-4-5-9-18(17)27-14)19(22)15-6-2-3-7-16(15)21(23)24/h2-10H,11-13H2,1H3. The van der Waals surface area contributed by atoms with Crippen LogP contribution in [0.15, 0.2) is 64.4 Å². The van der Waals surface area contributed by atoms with Gasteiger partial charge in [0.15, 0.2) is 0 Å². The molecule has 2 aromatic rings. The zero-order valence-electron chi connectivity index (χ0n) is 15.1. The molecule has 0 bridgehead atoms. The third-order valence-corrected chi connectivity index (χ3v) is 6.34. The molecule has 0 spiro atoms. The van der Waals surface area contributed by atoms with Gasteiger partial charge >= 0.3 is 0 Å². The lowest BCUT2D eigenvalue weighted by Crippen LogP contribution is -2.31. The van der Waals surface area contributed by atoms with E-state index in [0.717, 1.165) is 9.80 Å². The van der Waals surface area contributed by atoms with Crippen LogP contribution in [-0.4, -0.2) is 37.8 Å². The van der Waals surface area contributed by atoms with Crippen molar-refractivity contribution in [2.75, 3.05) is 23.5 Å². The molecule has 28 heavy (non-hydrogen) atoms. The Morgan fingerprint density at radius 2 is 1.86 bits per heavy atom. The summed E-state index contributed by atoms with van der Waals surface area (Å²) in [7, 11) is -3.11. The molecule has 0 saturated carbocycles. The lowest BCUT2D eigenvalue weighted by atomic mass is 10.1. The highest BCUT2D eigenvalue weighted by molar-refractivity contribution is 8.03. The van der Waals surface area contributed by atoms with Gasteiger partial charge in [0.2, 0.25) is 0 Å². The van der Waals surface area contributed by atoms with Crippen molar-refractivity contribution < 1.29 is 18.1 Å². The van der Waals surface area contributed by atoms with Crippen molar-refractivity contribution in [2.24, 2.45) is 0 Å². The fraction of sp³-hybridized carbons (Fsp3) is 0.211. The van der Waals surface area contributed by atoms with Gasteiger partial charge in [-0.25, -0.2) is 8.42 Å². The quantitative estimate of drug-likeness (QED) is 0.543. The van der Waals surface area contributed by atoms with Gasteiger partial charge in [-0.2, -0.15) is 0 Å². The molecule has 146 valence electrons. The number of allylic oxidation sites excluding steroid dienone is 1. The average Bonchev–Trinajstić information content (AvgIpc) is 2.84. The second kappa shape index (κ2) is 8.15. The van der Waals surface area contributed by atoms with Gasteiger partial charge in [-0.05, 0) is 29.5 Å². The monoisotopic (exact) mass is 418 g/mol. The van der Waals surface area contributed by atoms with E-state index in [1.807, 2.05) is 18.2 Å². The van der Waals surface area contributed by atoms with Crippen LogP contribution in [0, 0.1) is 10.1 Å². The number of nitrogens with zero attached hydrogens (tertiary/aromatic N) is 2. The van der Waals surface area contributed by atoms with Gasteiger partial charge in [-0.3, -0.25) is 14.9 Å². The van der Waals surface area contributed by atoms with E-state index in [0.29, 0.717) is 12.1 Å². The Labute approximate surface area is 167 Å². The third-order valence-electron chi connectivity index (χ3n) is 4.19. The van der Waals surface area contributed by atoms with E-state index in [9.17, 15) is 23.3 Å². The summed E-state index contributed by atoms with van der Waals surface area (Å²) in [5.74, 6) is -0.451. The summed E-state index contributed by atoms with van der Waals surface area (Å²) in [5, 5.41) is 11.3. The van der Waals surface area contributed by atoms with Crippen LogP contribution >= 0.6 is 11.8 Å². The molecule has 3 rings (SSSR count). The number of hydrogen-bond donors (Lipinski definition) is 0. The van der Waals surface area contributed by atoms with Gasteiger partial charge in [0.05, 0.1) is 16.4 Å². The van der Waals surface area contributed by atoms with E-state index >= 15 is 0 Å². The molecule has 0 aromatic heterocycles. The predicted molar refractivity (Wildman–Crippen MR) is 109 cm³/mol. The largest absolute Gasteiger partial charge is 0.303 e. The summed E-state index contributed by atoms with van der Waals surface area (Å²) in [5.41, 5.74) is 0.407. The van der Waals surface area contributed by atoms with Crippen molar-refractivity contribution in [3.05, 3.63) is 75.2 Å². The molecule has 1 amide bonds. The maximum absolute atomic E-state index is 13.2. The van der Waals surface area contributed by atoms with Gasteiger partial charge in [-0.1, -0.05) is 42.1 Å². The number of para-hydroxylation sites is 2. The van der Waals surface area contributed by atoms with Crippen molar-refractivity contribution >= 4 is 38.9 Å². The lowest BCUT2D eigenvalue weighted by Gasteiger charge is -2.22. The Kier molecular flexibility index (Phi) is 5.85. The summed E-state index contributed by atoms with van der Waals surface area (Å²) in [4.78, 5) is 27.0. The Hall–Kier alpha value is -2.65. The van der Waals surface area contributed by atoms with Crippen molar-refractivity contribution in [2.45, 2.75) is 11.3 Å². The van der Waals surface area contributed by atoms with Crippen LogP contribution in [0.4, 0.5) is 11.4 Å². The highest BCUT2D eigenvalue weighted by atomic mass is 32.2. The normalized spacial score (nSPS) is 14.0. The SMILES string of the molecule is CS(=O)(=O)CCC1=CCN(C(=O)c2ccccc2[N+](=O)[O-])c2ccccc2S1. The van der Waals surface area contributed by atoms with Crippen molar-refractivity contribution in [1.82, 2.24) is 0 Å². The molecule has 0 aliphatic carbocycles. The zero-order chi connectivity index (χ0) is 20.3. The Morgan fingerprint density at radius 1 is 1.18 bits per heavy atom. The average molecular weight is 418 g/mol. The zero-order valence-corrected chi connectivity index (χ0v) is 16.7. The molecule has 1 aliphatic rings. The first kappa shape index (κ1) is 20.1. The summed E-state index contributed by atoms with van der Waals surface area (Å²) in [6.45, 7) is 0.202. The highest BCUT2D eigenvalue weighted by Crippen LogP contribution is 2.39. The number of thioether (sulfide) groups is 1. The van der Waals surface area contributed by atoms with Crippen LogP contribution in [0.3, 0.4) is 0 Å². The van der Waals surface area contributed by atoms with Crippen LogP contribution in [0.2, 0.25) is 0 Å². The van der Waals surface area contributed by atoms with Gasteiger partial charge in [0.1, 0.15) is 15.4 Å². The second-order valence-electron chi connectivity index (χ2n) is 6.31. The summed E-state index contributed by atoms with van der Waals surface area (Å²) < 4.78 is 23.0. The molecule has 7 nitrogen and oxygen atoms in total. The predicted octanol–water partition coefficient (Wildman–Crippen LogP) is 3.67. The number of sulfone groups is 1. The summed E-state index contributed by atoms with van der Waals surface area (Å²) >= 11 is 1.41. The number of amides is 1. The van der Waals surface area contributed by atoms with Gasteiger partial charge in [0.25, 0.3) is 11.6 Å². The summed E-state index contributed by atoms with van der Waals surface area (Å²) in [6, 6.07) is 13.1. The molecule has 0 N–H and O–H groups in total. The highest BCUT2D eigenvalue weighted by Gasteiger charge is 2.27. The number of anilines is 1. The number of fused-ring (bicyclic) bond motifs is 1. The molecule has 0 saturated heterocycles. The van der Waals surface area contributed by atoms with Gasteiger partial charge in [-0.15, -0.1) is 0 Å². The van der Waals surface area contributed by atoms with E-state index in [1.165, 1.54) is 41.1 Å². The molecule has 0 unspecified atom stereocenters. The minimum atomic E-state index is -3.11. The Balaban J connectivity index is 1.98. The Morgan fingerprint density at radius 3 is 2.57 bits per heavy atom. The van der Waals surface area contributed by atoms with Crippen LogP contribution < -0.4 is 4.90 Å². The molecule has 0 radical (unpaired) electrons. The number of carbonyl (C=O) groups is 1. The lowest BCUT2D eigenvalue weighted by molar-refractivity contribution is -0.385. The van der Waals surface area contributed by atoms with Gasteiger partial charge < -0.3 is 4.90 Å². The second-order valence-corrected chi connectivity index (χ2v) is 9.74. The molecule has 1 heterocycles. The van der Waals surface area contributed by atoms with Crippen LogP contribution in [0.5, 0.6) is 0 Å². The van der Waals surface area contributed by atoms with Crippen molar-refractivity contribution in [3.63, 3.8) is 0 Å². The van der Waals surface area contributed by atoms with E-state index < -0.39 is 20.7 Å². The Bertz CT molecular complexity index is 1060. The maximum atomic E-state index is 13.2. The van der Waals surface area contributed by atoms with E-state index in [1.54, 1.807) is 18.2 Å². The number of nitro groups is 1. The van der Waals surface area contributed by atoms with Crippen molar-refractivity contribution in [1.29, 1.82) is 0 Å². The van der Waals surface area contributed by atoms with Gasteiger partial charge in [0, 0.05) is 23.8 Å². The molecule has 9 heteroatoms. The minimum absolute atomic E-state index is 0.0142. The minimum Gasteiger partial charge on any atom is -0.303 e. The first-order valence-corrected chi connectivity index (χ1v) is 11.3.